The van der Waals surface area contributed by atoms with E-state index in [-0.39, 0.29) is 0 Å². The van der Waals surface area contributed by atoms with Gasteiger partial charge in [0.15, 0.2) is 0 Å². The fourth-order valence-corrected chi connectivity index (χ4v) is 0.327. The average Bonchev–Trinajstić information content (AvgIpc) is 2.21. The van der Waals surface area contributed by atoms with E-state index in [1.165, 1.54) is 0 Å². The summed E-state index contributed by atoms with van der Waals surface area (Å²) in [6.07, 6.45) is -3.98. The molecule has 10 heavy (non-hydrogen) atoms. The summed E-state index contributed by atoms with van der Waals surface area (Å²) in [6.45, 7) is -22.8. The molecular weight excluding hydrogens is 130 g/mol. The fourth-order valence-electron chi connectivity index (χ4n) is 0.327. The first-order valence-corrected chi connectivity index (χ1v) is 2.30. The molecule has 0 aromatic heterocycles. The summed E-state index contributed by atoms with van der Waals surface area (Å²) in [5.41, 5.74) is 0. The Hall–Kier alpha value is -0.120. The largest absolute Gasteiger partial charge is 0.396 e. The van der Waals surface area contributed by atoms with Crippen LogP contribution in [-0.4, -0.2) is 49.2 Å². The molecule has 0 radical (unpaired) electrons. The van der Waals surface area contributed by atoms with E-state index in [0.717, 1.165) is 0 Å². The summed E-state index contributed by atoms with van der Waals surface area (Å²) in [5.74, 6) is 0. The van der Waals surface area contributed by atoms with Gasteiger partial charge >= 0.3 is 0 Å². The lowest BCUT2D eigenvalue weighted by atomic mass is 10.3. The normalized spacial score (nSPS) is 66.5. The quantitative estimate of drug-likeness (QED) is 0.614. The molecule has 0 spiro atoms. The zero-order chi connectivity index (χ0) is 19.8. The van der Waals surface area contributed by atoms with E-state index < -0.39 is 50.4 Å². The first-order chi connectivity index (χ1) is 10.1. The maximum absolute atomic E-state index is 9.24. The predicted molar refractivity (Wildman–Crippen MR) is 39.0 cm³/mol. The van der Waals surface area contributed by atoms with Crippen LogP contribution in [0.25, 0.3) is 0 Å². The summed E-state index contributed by atoms with van der Waals surface area (Å²) in [6, 6.07) is 0. The van der Waals surface area contributed by atoms with Crippen LogP contribution >= 0.6 is 0 Å². The van der Waals surface area contributed by atoms with Crippen molar-refractivity contribution >= 4 is 0 Å². The van der Waals surface area contributed by atoms with Crippen molar-refractivity contribution < 1.29 is 29.0 Å². The molecule has 0 amide bonds. The van der Waals surface area contributed by atoms with Gasteiger partial charge in [-0.25, -0.2) is 0 Å². The molecule has 0 unspecified atom stereocenters. The molecule has 0 aromatic rings. The summed E-state index contributed by atoms with van der Waals surface area (Å²) < 4.78 is 109. The average molecular weight is 159 g/mol. The highest BCUT2D eigenvalue weighted by Crippen LogP contribution is 1.96. The van der Waals surface area contributed by atoms with E-state index in [9.17, 15) is 5.11 Å². The first kappa shape index (κ1) is 1.37. The Labute approximate surface area is 81.3 Å². The Morgan fingerprint density at radius 2 is 2.30 bits per heavy atom. The lowest BCUT2D eigenvalue weighted by Gasteiger charge is -2.25. The molecule has 1 heterocycles. The van der Waals surface area contributed by atoms with Crippen LogP contribution in [0.5, 0.6) is 0 Å². The molecule has 60 valence electrons. The van der Waals surface area contributed by atoms with Crippen LogP contribution in [0.15, 0.2) is 0 Å². The van der Waals surface area contributed by atoms with Crippen molar-refractivity contribution in [2.24, 2.45) is 0 Å². The van der Waals surface area contributed by atoms with Crippen LogP contribution in [0.2, 0.25) is 0 Å². The number of rotatable bonds is 3. The third kappa shape index (κ3) is 2.64. The molecule has 0 bridgehead atoms. The second-order valence-electron chi connectivity index (χ2n) is 1.21. The van der Waals surface area contributed by atoms with Gasteiger partial charge < -0.3 is 9.84 Å². The number of nitrogens with zero attached hydrogens (tertiary/aromatic N) is 1. The van der Waals surface area contributed by atoms with Crippen molar-refractivity contribution in [3.05, 3.63) is 0 Å². The first-order valence-electron chi connectivity index (χ1n) is 9.30. The molecule has 3 nitrogen and oxygen atoms in total. The molecule has 1 N–H and O–H groups in total. The number of morpholine rings is 1. The van der Waals surface area contributed by atoms with Crippen LogP contribution in [0, 0.1) is 0 Å². The van der Waals surface area contributed by atoms with Gasteiger partial charge in [0.25, 0.3) is 0 Å². The van der Waals surface area contributed by atoms with Crippen LogP contribution in [0.3, 0.4) is 0 Å². The summed E-state index contributed by atoms with van der Waals surface area (Å²) in [4.78, 5) is -0.759. The minimum atomic E-state index is -4.04. The van der Waals surface area contributed by atoms with Gasteiger partial charge in [0, 0.05) is 37.0 Å². The van der Waals surface area contributed by atoms with E-state index >= 15 is 0 Å². The topological polar surface area (TPSA) is 32.7 Å². The van der Waals surface area contributed by atoms with Crippen molar-refractivity contribution in [2.45, 2.75) is 6.37 Å². The predicted octanol–water partition coefficient (Wildman–Crippen LogP) is -0.299. The molecule has 1 saturated heterocycles. The maximum Gasteiger partial charge on any atom is 0.0594 e. The zero-order valence-electron chi connectivity index (χ0n) is 18.8. The van der Waals surface area contributed by atoms with Crippen LogP contribution in [-0.2, 0) is 4.74 Å². The van der Waals surface area contributed by atoms with Crippen LogP contribution in [0.1, 0.15) is 25.6 Å². The molecule has 1 aliphatic rings. The van der Waals surface area contributed by atoms with Crippen LogP contribution in [0.4, 0.5) is 0 Å². The Bertz CT molecular complexity index is 484. The Kier molecular flexibility index (Phi) is 0.636. The van der Waals surface area contributed by atoms with E-state index in [1.54, 1.807) is 0 Å². The van der Waals surface area contributed by atoms with E-state index in [4.69, 9.17) is 19.2 Å². The Morgan fingerprint density at radius 3 is 2.90 bits per heavy atom. The van der Waals surface area contributed by atoms with Gasteiger partial charge in [0.05, 0.1) is 21.3 Å². The molecule has 1 fully saturated rings. The Balaban J connectivity index is 3.73. The highest BCUT2D eigenvalue weighted by Gasteiger charge is 2.08. The van der Waals surface area contributed by atoms with Gasteiger partial charge in [-0.2, -0.15) is 0 Å². The van der Waals surface area contributed by atoms with E-state index in [0.29, 0.717) is 0 Å². The van der Waals surface area contributed by atoms with Crippen LogP contribution < -0.4 is 0 Å². The molecule has 1 aliphatic heterocycles. The van der Waals surface area contributed by atoms with Gasteiger partial charge in [-0.3, -0.25) is 4.90 Å². The highest BCUT2D eigenvalue weighted by molar-refractivity contribution is 4.60. The Morgan fingerprint density at radius 1 is 1.60 bits per heavy atom. The molecule has 0 aromatic carbocycles. The van der Waals surface area contributed by atoms with Gasteiger partial charge in [0.2, 0.25) is 0 Å². The van der Waals surface area contributed by atoms with E-state index in [1.807, 2.05) is 0 Å². The van der Waals surface area contributed by atoms with Gasteiger partial charge in [-0.05, 0) is 6.37 Å². The lowest BCUT2D eigenvalue weighted by molar-refractivity contribution is 0.0353. The smallest absolute Gasteiger partial charge is 0.0594 e. The second kappa shape index (κ2) is 4.66. The molecule has 1 rings (SSSR count). The summed E-state index contributed by atoms with van der Waals surface area (Å²) in [7, 11) is 0. The fraction of sp³-hybridized carbons (Fsp3) is 1.00. The minimum absolute atomic E-state index is 0.759. The number of hydrogen-bond donors (Lipinski definition) is 1. The third-order valence-corrected chi connectivity index (χ3v) is 0.641. The van der Waals surface area contributed by atoms with Crippen molar-refractivity contribution in [2.75, 3.05) is 39.2 Å². The van der Waals surface area contributed by atoms with Gasteiger partial charge in [-0.1, -0.05) is 0 Å². The monoisotopic (exact) mass is 159 g/mol. The van der Waals surface area contributed by atoms with Gasteiger partial charge in [-0.15, -0.1) is 0 Å². The van der Waals surface area contributed by atoms with Crippen molar-refractivity contribution in [1.82, 2.24) is 4.90 Å². The molecular formula is C7H15NO2. The summed E-state index contributed by atoms with van der Waals surface area (Å²) in [5, 5.41) is 9.24. The standard InChI is InChI=1S/C7H15NO2/c9-5-1-2-8-3-6-10-7-4-8/h9H,1-7H2/i1D2,2D2,3D2,4D2,5D2,6D2,7D2. The van der Waals surface area contributed by atoms with E-state index in [2.05, 4.69) is 4.74 Å². The molecule has 0 aliphatic carbocycles. The summed E-state index contributed by atoms with van der Waals surface area (Å²) >= 11 is 0. The second-order valence-corrected chi connectivity index (χ2v) is 1.21. The van der Waals surface area contributed by atoms with Crippen molar-refractivity contribution in [3.63, 3.8) is 0 Å². The number of aliphatic hydroxyl groups is 1. The van der Waals surface area contributed by atoms with Crippen molar-refractivity contribution in [1.29, 1.82) is 0 Å². The molecule has 0 atom stereocenters. The minimum Gasteiger partial charge on any atom is -0.396 e. The molecule has 0 saturated carbocycles. The lowest BCUT2D eigenvalue weighted by Crippen LogP contribution is -2.37. The number of hydrogen-bond acceptors (Lipinski definition) is 3. The van der Waals surface area contributed by atoms with Crippen molar-refractivity contribution in [3.8, 4) is 0 Å². The zero-order valence-corrected chi connectivity index (χ0v) is 4.80. The highest BCUT2D eigenvalue weighted by atomic mass is 16.5. The molecule has 3 heteroatoms. The number of ether oxygens (including phenoxy) is 1. The van der Waals surface area contributed by atoms with Gasteiger partial charge in [0.1, 0.15) is 0 Å². The maximum atomic E-state index is 9.24. The third-order valence-electron chi connectivity index (χ3n) is 0.641. The SMILES string of the molecule is [2H]C([2H])(O)C([2H])([2H])C([2H])([2H])N1C([2H])([2H])C([2H])([2H])OC([2H])([2H])C1([2H])[2H].